The molecule has 20 heavy (non-hydrogen) atoms. The molecule has 0 atom stereocenters. The van der Waals surface area contributed by atoms with Gasteiger partial charge in [-0.3, -0.25) is 14.4 Å². The Morgan fingerprint density at radius 3 is 1.55 bits per heavy atom. The highest BCUT2D eigenvalue weighted by Gasteiger charge is 2.15. The van der Waals surface area contributed by atoms with Gasteiger partial charge in [0.1, 0.15) is 0 Å². The van der Waals surface area contributed by atoms with Crippen molar-refractivity contribution in [1.82, 2.24) is 0 Å². The summed E-state index contributed by atoms with van der Waals surface area (Å²) in [6, 6.07) is 12.4. The average molecular weight is 307 g/mol. The van der Waals surface area contributed by atoms with Gasteiger partial charge in [-0.15, -0.1) is 0 Å². The number of hydrogen-bond donors (Lipinski definition) is 0. The molecule has 0 heterocycles. The molecule has 0 unspecified atom stereocenters. The molecular formula is C15H8Cl2O3. The molecule has 0 aromatic heterocycles. The Hall–Kier alpha value is -1.97. The van der Waals surface area contributed by atoms with E-state index in [0.717, 1.165) is 0 Å². The first-order chi connectivity index (χ1) is 9.49. The van der Waals surface area contributed by atoms with Crippen LogP contribution < -0.4 is 0 Å². The molecular weight excluding hydrogens is 299 g/mol. The minimum atomic E-state index is -0.758. The maximum atomic E-state index is 12.3. The second-order valence-electron chi connectivity index (χ2n) is 4.04. The van der Waals surface area contributed by atoms with Gasteiger partial charge in [-0.1, -0.05) is 30.3 Å². The third-order valence-corrected chi connectivity index (χ3v) is 3.12. The number of ketones is 1. The summed E-state index contributed by atoms with van der Waals surface area (Å²) in [6.07, 6.45) is 0. The molecule has 0 saturated heterocycles. The summed E-state index contributed by atoms with van der Waals surface area (Å²) >= 11 is 10.8. The Labute approximate surface area is 125 Å². The lowest BCUT2D eigenvalue weighted by Crippen LogP contribution is -2.05. The van der Waals surface area contributed by atoms with E-state index in [1.165, 1.54) is 18.2 Å². The quantitative estimate of drug-likeness (QED) is 0.639. The first kappa shape index (κ1) is 14.4. The van der Waals surface area contributed by atoms with Crippen molar-refractivity contribution < 1.29 is 14.4 Å². The van der Waals surface area contributed by atoms with Crippen LogP contribution in [0.25, 0.3) is 0 Å². The first-order valence-corrected chi connectivity index (χ1v) is 6.39. The van der Waals surface area contributed by atoms with Crippen LogP contribution in [-0.4, -0.2) is 16.3 Å². The van der Waals surface area contributed by atoms with Crippen LogP contribution in [0.2, 0.25) is 0 Å². The standard InChI is InChI=1S/C15H8Cl2O3/c16-14(19)11-6-10(7-12(8-11)15(17)20)13(18)9-4-2-1-3-5-9/h1-8H. The molecule has 100 valence electrons. The van der Waals surface area contributed by atoms with Crippen LogP contribution in [0.4, 0.5) is 0 Å². The van der Waals surface area contributed by atoms with Crippen molar-refractivity contribution in [2.45, 2.75) is 0 Å². The van der Waals surface area contributed by atoms with E-state index in [-0.39, 0.29) is 22.5 Å². The lowest BCUT2D eigenvalue weighted by Gasteiger charge is -2.05. The monoisotopic (exact) mass is 306 g/mol. The van der Waals surface area contributed by atoms with Gasteiger partial charge in [0.15, 0.2) is 5.78 Å². The van der Waals surface area contributed by atoms with E-state index in [0.29, 0.717) is 5.56 Å². The Morgan fingerprint density at radius 1 is 0.650 bits per heavy atom. The van der Waals surface area contributed by atoms with Crippen LogP contribution in [0.3, 0.4) is 0 Å². The number of halogens is 2. The van der Waals surface area contributed by atoms with E-state index in [4.69, 9.17) is 23.2 Å². The Bertz CT molecular complexity index is 661. The molecule has 0 saturated carbocycles. The summed E-state index contributed by atoms with van der Waals surface area (Å²) in [5.74, 6) is -0.315. The molecule has 0 fully saturated rings. The maximum Gasteiger partial charge on any atom is 0.252 e. The number of benzene rings is 2. The highest BCUT2D eigenvalue weighted by atomic mass is 35.5. The van der Waals surface area contributed by atoms with Gasteiger partial charge in [0.2, 0.25) is 0 Å². The zero-order chi connectivity index (χ0) is 14.7. The fourth-order valence-electron chi connectivity index (χ4n) is 1.74. The smallest absolute Gasteiger partial charge is 0.252 e. The van der Waals surface area contributed by atoms with Gasteiger partial charge < -0.3 is 0 Å². The lowest BCUT2D eigenvalue weighted by molar-refractivity contribution is 0.103. The highest BCUT2D eigenvalue weighted by Crippen LogP contribution is 2.17. The van der Waals surface area contributed by atoms with E-state index in [2.05, 4.69) is 0 Å². The zero-order valence-electron chi connectivity index (χ0n) is 10.1. The molecule has 0 amide bonds. The SMILES string of the molecule is O=C(Cl)c1cc(C(=O)Cl)cc(C(=O)c2ccccc2)c1. The van der Waals surface area contributed by atoms with E-state index >= 15 is 0 Å². The van der Waals surface area contributed by atoms with Crippen LogP contribution in [-0.2, 0) is 0 Å². The largest absolute Gasteiger partial charge is 0.289 e. The molecule has 2 aromatic rings. The van der Waals surface area contributed by atoms with E-state index in [1.807, 2.05) is 0 Å². The van der Waals surface area contributed by atoms with Crippen molar-refractivity contribution in [2.75, 3.05) is 0 Å². The Balaban J connectivity index is 2.53. The molecule has 0 spiro atoms. The lowest BCUT2D eigenvalue weighted by atomic mass is 9.99. The van der Waals surface area contributed by atoms with Crippen molar-refractivity contribution in [1.29, 1.82) is 0 Å². The molecule has 0 bridgehead atoms. The van der Waals surface area contributed by atoms with Gasteiger partial charge >= 0.3 is 0 Å². The van der Waals surface area contributed by atoms with Crippen molar-refractivity contribution >= 4 is 39.5 Å². The highest BCUT2D eigenvalue weighted by molar-refractivity contribution is 6.69. The average Bonchev–Trinajstić information content (AvgIpc) is 2.46. The predicted octanol–water partition coefficient (Wildman–Crippen LogP) is 3.68. The van der Waals surface area contributed by atoms with Gasteiger partial charge in [-0.25, -0.2) is 0 Å². The summed E-state index contributed by atoms with van der Waals surface area (Å²) in [7, 11) is 0. The molecule has 0 aliphatic rings. The van der Waals surface area contributed by atoms with Crippen LogP contribution >= 0.6 is 23.2 Å². The molecule has 3 nitrogen and oxygen atoms in total. The zero-order valence-corrected chi connectivity index (χ0v) is 11.6. The number of hydrogen-bond acceptors (Lipinski definition) is 3. The third-order valence-electron chi connectivity index (χ3n) is 2.69. The van der Waals surface area contributed by atoms with Crippen molar-refractivity contribution in [3.8, 4) is 0 Å². The first-order valence-electron chi connectivity index (χ1n) is 5.63. The fraction of sp³-hybridized carbons (Fsp3) is 0. The maximum absolute atomic E-state index is 12.3. The number of rotatable bonds is 4. The second-order valence-corrected chi connectivity index (χ2v) is 4.73. The molecule has 2 aromatic carbocycles. The van der Waals surface area contributed by atoms with Crippen LogP contribution in [0.5, 0.6) is 0 Å². The number of carbonyl (C=O) groups excluding carboxylic acids is 3. The molecule has 0 aliphatic carbocycles. The van der Waals surface area contributed by atoms with E-state index in [9.17, 15) is 14.4 Å². The van der Waals surface area contributed by atoms with Crippen LogP contribution in [0, 0.1) is 0 Å². The summed E-state index contributed by atoms with van der Waals surface area (Å²) in [5.41, 5.74) is 0.737. The molecule has 0 aliphatic heterocycles. The van der Waals surface area contributed by atoms with Crippen LogP contribution in [0.1, 0.15) is 36.6 Å². The van der Waals surface area contributed by atoms with Gasteiger partial charge in [0.05, 0.1) is 0 Å². The van der Waals surface area contributed by atoms with Crippen molar-refractivity contribution in [3.05, 3.63) is 70.8 Å². The van der Waals surface area contributed by atoms with Gasteiger partial charge in [-0.2, -0.15) is 0 Å². The van der Waals surface area contributed by atoms with Gasteiger partial charge in [-0.05, 0) is 41.4 Å². The van der Waals surface area contributed by atoms with Crippen LogP contribution in [0.15, 0.2) is 48.5 Å². The molecule has 0 N–H and O–H groups in total. The van der Waals surface area contributed by atoms with E-state index in [1.54, 1.807) is 30.3 Å². The molecule has 2 rings (SSSR count). The second kappa shape index (κ2) is 5.99. The summed E-state index contributed by atoms with van der Waals surface area (Å²) < 4.78 is 0. The predicted molar refractivity (Wildman–Crippen MR) is 76.7 cm³/mol. The minimum Gasteiger partial charge on any atom is -0.289 e. The van der Waals surface area contributed by atoms with Gasteiger partial charge in [0, 0.05) is 22.3 Å². The van der Waals surface area contributed by atoms with Crippen molar-refractivity contribution in [3.63, 3.8) is 0 Å². The number of carbonyl (C=O) groups is 3. The van der Waals surface area contributed by atoms with Gasteiger partial charge in [0.25, 0.3) is 10.5 Å². The third kappa shape index (κ3) is 3.13. The molecule has 0 radical (unpaired) electrons. The normalized spacial score (nSPS) is 10.1. The van der Waals surface area contributed by atoms with Crippen molar-refractivity contribution in [2.24, 2.45) is 0 Å². The summed E-state index contributed by atoms with van der Waals surface area (Å²) in [5, 5.41) is -1.52. The topological polar surface area (TPSA) is 51.2 Å². The summed E-state index contributed by atoms with van der Waals surface area (Å²) in [4.78, 5) is 34.7. The fourth-order valence-corrected chi connectivity index (χ4v) is 1.96. The summed E-state index contributed by atoms with van der Waals surface area (Å²) in [6.45, 7) is 0. The molecule has 5 heteroatoms. The van der Waals surface area contributed by atoms with E-state index < -0.39 is 10.5 Å². The Kier molecular flexibility index (Phi) is 4.32. The minimum absolute atomic E-state index is 0.0532. The Morgan fingerprint density at radius 2 is 1.10 bits per heavy atom.